The number of aliphatic hydroxyl groups excluding tert-OH is 2. The van der Waals surface area contributed by atoms with Crippen molar-refractivity contribution >= 4 is 21.2 Å². The molecule has 0 aromatic heterocycles. The summed E-state index contributed by atoms with van der Waals surface area (Å²) in [6.07, 6.45) is 0. The SMILES string of the molecule is CCO.O=C(O)C(O)(C(O)P(=O)(O)O)P(=O)(O)O. The van der Waals surface area contributed by atoms with Crippen LogP contribution < -0.4 is 0 Å². The van der Waals surface area contributed by atoms with Crippen molar-refractivity contribution in [1.82, 2.24) is 0 Å². The molecule has 0 rings (SSSR count). The molecule has 0 aromatic carbocycles. The molecule has 0 amide bonds. The predicted octanol–water partition coefficient (Wildman–Crippen LogP) is -2.57. The summed E-state index contributed by atoms with van der Waals surface area (Å²) in [5.41, 5.74) is 0. The fourth-order valence-corrected chi connectivity index (χ4v) is 2.65. The smallest absolute Gasteiger partial charge is 0.372 e. The highest BCUT2D eigenvalue weighted by Crippen LogP contribution is 2.59. The van der Waals surface area contributed by atoms with E-state index in [-0.39, 0.29) is 6.61 Å². The fourth-order valence-electron chi connectivity index (χ4n) is 0.620. The first kappa shape index (κ1) is 20.0. The average molecular weight is 312 g/mol. The summed E-state index contributed by atoms with van der Waals surface area (Å²) in [4.78, 5) is 43.8. The molecule has 0 saturated heterocycles. The molecule has 0 aliphatic heterocycles. The molecule has 0 saturated carbocycles. The molecule has 0 bridgehead atoms. The zero-order valence-electron chi connectivity index (χ0n) is 8.98. The van der Waals surface area contributed by atoms with Crippen molar-refractivity contribution in [3.63, 3.8) is 0 Å². The summed E-state index contributed by atoms with van der Waals surface area (Å²) >= 11 is 0. The van der Waals surface area contributed by atoms with Crippen LogP contribution in [0.4, 0.5) is 0 Å². The van der Waals surface area contributed by atoms with Gasteiger partial charge >= 0.3 is 26.5 Å². The van der Waals surface area contributed by atoms with E-state index in [1.165, 1.54) is 0 Å². The molecule has 13 heteroatoms. The minimum atomic E-state index is -5.88. The van der Waals surface area contributed by atoms with E-state index in [9.17, 15) is 13.9 Å². The van der Waals surface area contributed by atoms with Crippen LogP contribution in [0.2, 0.25) is 0 Å². The van der Waals surface area contributed by atoms with Gasteiger partial charge in [-0.3, -0.25) is 9.13 Å². The third kappa shape index (κ3) is 4.73. The maximum absolute atomic E-state index is 10.5. The lowest BCUT2D eigenvalue weighted by Gasteiger charge is -2.28. The highest BCUT2D eigenvalue weighted by molar-refractivity contribution is 7.58. The first-order chi connectivity index (χ1) is 7.76. The number of carboxylic acid groups (broad SMARTS) is 1. The van der Waals surface area contributed by atoms with Gasteiger partial charge < -0.3 is 40.0 Å². The summed E-state index contributed by atoms with van der Waals surface area (Å²) in [5, 5.41) is 29.2. The Morgan fingerprint density at radius 3 is 1.56 bits per heavy atom. The summed E-state index contributed by atoms with van der Waals surface area (Å²) in [6.45, 7) is 1.93. The molecule has 0 aromatic rings. The van der Waals surface area contributed by atoms with Gasteiger partial charge in [-0.05, 0) is 6.92 Å². The third-order valence-electron chi connectivity index (χ3n) is 1.44. The lowest BCUT2D eigenvalue weighted by Crippen LogP contribution is -2.48. The van der Waals surface area contributed by atoms with Gasteiger partial charge in [0, 0.05) is 6.61 Å². The Balaban J connectivity index is 0. The molecular formula is C5H14O11P2. The summed E-state index contributed by atoms with van der Waals surface area (Å²) in [6, 6.07) is 0. The number of hydrogen-bond acceptors (Lipinski definition) is 6. The summed E-state index contributed by atoms with van der Waals surface area (Å²) < 4.78 is 20.9. The summed E-state index contributed by atoms with van der Waals surface area (Å²) in [7, 11) is -11.5. The largest absolute Gasteiger partial charge is 0.479 e. The van der Waals surface area contributed by atoms with Crippen LogP contribution in [0, 0.1) is 0 Å². The second kappa shape index (κ2) is 6.71. The highest BCUT2D eigenvalue weighted by atomic mass is 31.2. The Morgan fingerprint density at radius 1 is 1.22 bits per heavy atom. The third-order valence-corrected chi connectivity index (χ3v) is 3.98. The Hall–Kier alpha value is -0.350. The molecule has 0 heterocycles. The number of carbonyl (C=O) groups is 1. The van der Waals surface area contributed by atoms with Gasteiger partial charge in [0.25, 0.3) is 0 Å². The van der Waals surface area contributed by atoms with Gasteiger partial charge in [-0.1, -0.05) is 0 Å². The van der Waals surface area contributed by atoms with E-state index in [1.807, 2.05) is 0 Å². The number of carboxylic acids is 1. The molecule has 8 N–H and O–H groups in total. The second-order valence-electron chi connectivity index (χ2n) is 2.85. The van der Waals surface area contributed by atoms with Crippen molar-refractivity contribution in [2.75, 3.05) is 6.61 Å². The maximum atomic E-state index is 10.5. The van der Waals surface area contributed by atoms with Gasteiger partial charge in [-0.25, -0.2) is 4.79 Å². The topological polar surface area (TPSA) is 213 Å². The molecule has 2 unspecified atom stereocenters. The van der Waals surface area contributed by atoms with Crippen molar-refractivity contribution in [3.05, 3.63) is 0 Å². The number of aliphatic carboxylic acids is 1. The lowest BCUT2D eigenvalue weighted by molar-refractivity contribution is -0.157. The zero-order chi connectivity index (χ0) is 15.4. The summed E-state index contributed by atoms with van der Waals surface area (Å²) in [5.74, 6) is -6.07. The van der Waals surface area contributed by atoms with E-state index in [0.717, 1.165) is 0 Å². The number of hydrogen-bond donors (Lipinski definition) is 8. The van der Waals surface area contributed by atoms with Gasteiger partial charge in [-0.2, -0.15) is 0 Å². The minimum absolute atomic E-state index is 0.250. The van der Waals surface area contributed by atoms with Crippen molar-refractivity contribution < 1.29 is 53.9 Å². The van der Waals surface area contributed by atoms with E-state index < -0.39 is 32.3 Å². The average Bonchev–Trinajstić information content (AvgIpc) is 2.12. The Labute approximate surface area is 101 Å². The number of rotatable bonds is 4. The Bertz CT molecular complexity index is 368. The van der Waals surface area contributed by atoms with Crippen LogP contribution in [-0.4, -0.2) is 63.8 Å². The standard InChI is InChI=1S/C3H8O10P2.C2H6O/c4-1(5)3(7,15(11,12)13)2(6)14(8,9)10;1-2-3/h2,6-7H,(H,4,5)(H2,8,9,10)(H2,11,12,13);3H,2H2,1H3. The van der Waals surface area contributed by atoms with Crippen molar-refractivity contribution in [2.24, 2.45) is 0 Å². The van der Waals surface area contributed by atoms with E-state index in [4.69, 9.17) is 40.0 Å². The molecule has 18 heavy (non-hydrogen) atoms. The van der Waals surface area contributed by atoms with Crippen molar-refractivity contribution in [1.29, 1.82) is 0 Å². The van der Waals surface area contributed by atoms with E-state index in [0.29, 0.717) is 0 Å². The Morgan fingerprint density at radius 2 is 1.50 bits per heavy atom. The quantitative estimate of drug-likeness (QED) is 0.252. The van der Waals surface area contributed by atoms with Crippen LogP contribution in [0.1, 0.15) is 6.92 Å². The van der Waals surface area contributed by atoms with Crippen LogP contribution in [0.5, 0.6) is 0 Å². The molecule has 2 atom stereocenters. The van der Waals surface area contributed by atoms with Gasteiger partial charge in [-0.15, -0.1) is 0 Å². The van der Waals surface area contributed by atoms with E-state index in [2.05, 4.69) is 0 Å². The normalized spacial score (nSPS) is 17.1. The Kier molecular flexibility index (Phi) is 7.45. The first-order valence-corrected chi connectivity index (χ1v) is 7.41. The van der Waals surface area contributed by atoms with Gasteiger partial charge in [0.15, 0.2) is 0 Å². The predicted molar refractivity (Wildman–Crippen MR) is 55.4 cm³/mol. The van der Waals surface area contributed by atoms with Gasteiger partial charge in [0.1, 0.15) is 0 Å². The molecule has 0 radical (unpaired) electrons. The fraction of sp³-hybridized carbons (Fsp3) is 0.800. The molecule has 110 valence electrons. The van der Waals surface area contributed by atoms with Gasteiger partial charge in [0.2, 0.25) is 5.85 Å². The molecule has 0 aliphatic rings. The molecular weight excluding hydrogens is 298 g/mol. The van der Waals surface area contributed by atoms with Crippen molar-refractivity contribution in [2.45, 2.75) is 18.1 Å². The zero-order valence-corrected chi connectivity index (χ0v) is 10.8. The molecule has 11 nitrogen and oxygen atoms in total. The van der Waals surface area contributed by atoms with E-state index >= 15 is 0 Å². The van der Waals surface area contributed by atoms with Crippen LogP contribution in [-0.2, 0) is 13.9 Å². The van der Waals surface area contributed by atoms with Gasteiger partial charge in [0.05, 0.1) is 0 Å². The van der Waals surface area contributed by atoms with Crippen LogP contribution in [0.15, 0.2) is 0 Å². The van der Waals surface area contributed by atoms with Crippen molar-refractivity contribution in [3.8, 4) is 0 Å². The monoisotopic (exact) mass is 312 g/mol. The molecule has 0 aliphatic carbocycles. The number of aliphatic hydroxyl groups is 3. The molecule has 0 fully saturated rings. The minimum Gasteiger partial charge on any atom is -0.479 e. The van der Waals surface area contributed by atoms with Crippen LogP contribution in [0.25, 0.3) is 0 Å². The van der Waals surface area contributed by atoms with E-state index in [1.54, 1.807) is 6.92 Å². The van der Waals surface area contributed by atoms with Crippen LogP contribution in [0.3, 0.4) is 0 Å². The highest BCUT2D eigenvalue weighted by Gasteiger charge is 2.64. The van der Waals surface area contributed by atoms with Crippen LogP contribution >= 0.6 is 15.2 Å². The second-order valence-corrected chi connectivity index (χ2v) is 6.29. The molecule has 0 spiro atoms. The maximum Gasteiger partial charge on any atom is 0.372 e. The first-order valence-electron chi connectivity index (χ1n) is 4.12. The lowest BCUT2D eigenvalue weighted by atomic mass is 10.4.